The van der Waals surface area contributed by atoms with Crippen molar-refractivity contribution in [2.75, 3.05) is 6.61 Å². The van der Waals surface area contributed by atoms with Crippen LogP contribution in [0.5, 0.6) is 11.6 Å². The van der Waals surface area contributed by atoms with Gasteiger partial charge in [0.25, 0.3) is 5.56 Å². The first kappa shape index (κ1) is 13.6. The summed E-state index contributed by atoms with van der Waals surface area (Å²) in [6.45, 7) is 3.32. The molecule has 3 rings (SSSR count). The first-order valence-corrected chi connectivity index (χ1v) is 6.90. The van der Waals surface area contributed by atoms with Crippen LogP contribution in [0.1, 0.15) is 30.0 Å². The highest BCUT2D eigenvalue weighted by Gasteiger charge is 2.21. The summed E-state index contributed by atoms with van der Waals surface area (Å²) < 4.78 is 11.1. The van der Waals surface area contributed by atoms with E-state index in [4.69, 9.17) is 9.47 Å². The second-order valence-electron chi connectivity index (χ2n) is 4.99. The average molecular weight is 288 g/mol. The Morgan fingerprint density at radius 2 is 2.14 bits per heavy atom. The number of fused-ring (bicyclic) bond motifs is 2. The molecule has 2 N–H and O–H groups in total. The molecule has 2 aromatic rings. The molecule has 0 saturated heterocycles. The monoisotopic (exact) mass is 288 g/mol. The van der Waals surface area contributed by atoms with E-state index in [2.05, 4.69) is 16.9 Å². The summed E-state index contributed by atoms with van der Waals surface area (Å²) in [7, 11) is 0. The SMILES string of the molecule is CCCOCc1ccc2c(c1)Cc1c([nH]c(=O)[nH]c1=O)O2. The van der Waals surface area contributed by atoms with Crippen LogP contribution in [-0.4, -0.2) is 16.6 Å². The number of rotatable bonds is 4. The van der Waals surface area contributed by atoms with Crippen LogP contribution in [0.4, 0.5) is 0 Å². The predicted octanol–water partition coefficient (Wildman–Crippen LogP) is 1.69. The molecule has 0 atom stereocenters. The maximum Gasteiger partial charge on any atom is 0.328 e. The third-order valence-corrected chi connectivity index (χ3v) is 3.32. The van der Waals surface area contributed by atoms with Crippen molar-refractivity contribution in [1.29, 1.82) is 0 Å². The van der Waals surface area contributed by atoms with Gasteiger partial charge in [-0.1, -0.05) is 13.0 Å². The molecule has 1 aromatic heterocycles. The number of H-pyrrole nitrogens is 2. The third kappa shape index (κ3) is 2.75. The van der Waals surface area contributed by atoms with Crippen LogP contribution in [0.2, 0.25) is 0 Å². The molecule has 0 bridgehead atoms. The lowest BCUT2D eigenvalue weighted by Gasteiger charge is -2.19. The van der Waals surface area contributed by atoms with Crippen molar-refractivity contribution in [2.24, 2.45) is 0 Å². The largest absolute Gasteiger partial charge is 0.440 e. The zero-order chi connectivity index (χ0) is 14.8. The quantitative estimate of drug-likeness (QED) is 0.715. The number of aromatic nitrogens is 2. The molecular weight excluding hydrogens is 272 g/mol. The van der Waals surface area contributed by atoms with Crippen LogP contribution in [0.25, 0.3) is 0 Å². The Labute approximate surface area is 120 Å². The molecule has 0 radical (unpaired) electrons. The summed E-state index contributed by atoms with van der Waals surface area (Å²) >= 11 is 0. The molecule has 2 heterocycles. The molecule has 0 saturated carbocycles. The summed E-state index contributed by atoms with van der Waals surface area (Å²) in [5, 5.41) is 0. The van der Waals surface area contributed by atoms with Gasteiger partial charge in [-0.2, -0.15) is 0 Å². The maximum absolute atomic E-state index is 11.8. The topological polar surface area (TPSA) is 84.2 Å². The van der Waals surface area contributed by atoms with E-state index in [-0.39, 0.29) is 5.88 Å². The Morgan fingerprint density at radius 1 is 1.29 bits per heavy atom. The van der Waals surface area contributed by atoms with Gasteiger partial charge in [0.2, 0.25) is 5.88 Å². The van der Waals surface area contributed by atoms with Crippen LogP contribution in [0, 0.1) is 0 Å². The van der Waals surface area contributed by atoms with Gasteiger partial charge in [-0.3, -0.25) is 14.8 Å². The lowest BCUT2D eigenvalue weighted by molar-refractivity contribution is 0.121. The molecule has 0 spiro atoms. The van der Waals surface area contributed by atoms with Crippen molar-refractivity contribution in [2.45, 2.75) is 26.4 Å². The van der Waals surface area contributed by atoms with E-state index in [9.17, 15) is 9.59 Å². The van der Waals surface area contributed by atoms with Crippen LogP contribution < -0.4 is 16.0 Å². The van der Waals surface area contributed by atoms with E-state index < -0.39 is 11.2 Å². The summed E-state index contributed by atoms with van der Waals surface area (Å²) in [4.78, 5) is 27.8. The lowest BCUT2D eigenvalue weighted by Crippen LogP contribution is -2.28. The Hall–Kier alpha value is -2.34. The van der Waals surface area contributed by atoms with E-state index in [0.29, 0.717) is 24.3 Å². The molecule has 1 aromatic carbocycles. The molecule has 0 aliphatic carbocycles. The van der Waals surface area contributed by atoms with Gasteiger partial charge in [-0.15, -0.1) is 0 Å². The number of benzene rings is 1. The first-order chi connectivity index (χ1) is 10.2. The molecule has 0 unspecified atom stereocenters. The smallest absolute Gasteiger partial charge is 0.328 e. The normalized spacial score (nSPS) is 12.4. The number of hydrogen-bond acceptors (Lipinski definition) is 4. The molecule has 21 heavy (non-hydrogen) atoms. The van der Waals surface area contributed by atoms with Gasteiger partial charge in [0.05, 0.1) is 12.2 Å². The molecule has 0 amide bonds. The van der Waals surface area contributed by atoms with Gasteiger partial charge >= 0.3 is 5.69 Å². The van der Waals surface area contributed by atoms with Crippen molar-refractivity contribution in [1.82, 2.24) is 9.97 Å². The standard InChI is InChI=1S/C15H16N2O4/c1-2-5-20-8-9-3-4-12-10(6-9)7-11-13(18)16-15(19)17-14(11)21-12/h3-4,6H,2,5,7-8H2,1H3,(H2,16,17,18,19). The van der Waals surface area contributed by atoms with Crippen molar-refractivity contribution in [3.8, 4) is 11.6 Å². The van der Waals surface area contributed by atoms with Crippen LogP contribution in [0.15, 0.2) is 27.8 Å². The maximum atomic E-state index is 11.8. The molecule has 110 valence electrons. The summed E-state index contributed by atoms with van der Waals surface area (Å²) in [5.41, 5.74) is 1.42. The van der Waals surface area contributed by atoms with Crippen LogP contribution >= 0.6 is 0 Å². The van der Waals surface area contributed by atoms with Crippen LogP contribution in [0.3, 0.4) is 0 Å². The fourth-order valence-electron chi connectivity index (χ4n) is 2.33. The number of nitrogens with one attached hydrogen (secondary N) is 2. The summed E-state index contributed by atoms with van der Waals surface area (Å²) in [6.07, 6.45) is 1.41. The second-order valence-corrected chi connectivity index (χ2v) is 4.99. The fraction of sp³-hybridized carbons (Fsp3) is 0.333. The molecule has 0 fully saturated rings. The van der Waals surface area contributed by atoms with Crippen molar-refractivity contribution < 1.29 is 9.47 Å². The minimum atomic E-state index is -0.563. The zero-order valence-electron chi connectivity index (χ0n) is 11.7. The predicted molar refractivity (Wildman–Crippen MR) is 77.0 cm³/mol. The highest BCUT2D eigenvalue weighted by molar-refractivity contribution is 5.47. The Kier molecular flexibility index (Phi) is 3.62. The van der Waals surface area contributed by atoms with Gasteiger partial charge in [0, 0.05) is 13.0 Å². The first-order valence-electron chi connectivity index (χ1n) is 6.90. The second kappa shape index (κ2) is 5.57. The third-order valence-electron chi connectivity index (χ3n) is 3.32. The van der Waals surface area contributed by atoms with E-state index in [1.807, 2.05) is 18.2 Å². The number of hydrogen-bond donors (Lipinski definition) is 2. The van der Waals surface area contributed by atoms with E-state index in [1.165, 1.54) is 0 Å². The summed E-state index contributed by atoms with van der Waals surface area (Å²) in [5.74, 6) is 0.884. The van der Waals surface area contributed by atoms with E-state index in [0.717, 1.165) is 24.2 Å². The lowest BCUT2D eigenvalue weighted by atomic mass is 10.0. The zero-order valence-corrected chi connectivity index (χ0v) is 11.7. The Balaban J connectivity index is 1.89. The Bertz CT molecular complexity index is 776. The van der Waals surface area contributed by atoms with Gasteiger partial charge < -0.3 is 9.47 Å². The average Bonchev–Trinajstić information content (AvgIpc) is 2.46. The van der Waals surface area contributed by atoms with Crippen molar-refractivity contribution >= 4 is 0 Å². The molecule has 6 heteroatoms. The van der Waals surface area contributed by atoms with Gasteiger partial charge in [0.15, 0.2) is 0 Å². The van der Waals surface area contributed by atoms with Gasteiger partial charge in [-0.25, -0.2) is 4.79 Å². The minimum Gasteiger partial charge on any atom is -0.440 e. The van der Waals surface area contributed by atoms with Crippen LogP contribution in [-0.2, 0) is 17.8 Å². The molecular formula is C15H16N2O4. The molecule has 1 aliphatic rings. The summed E-state index contributed by atoms with van der Waals surface area (Å²) in [6, 6.07) is 5.73. The fourth-order valence-corrected chi connectivity index (χ4v) is 2.33. The Morgan fingerprint density at radius 3 is 2.95 bits per heavy atom. The molecule has 1 aliphatic heterocycles. The highest BCUT2D eigenvalue weighted by Crippen LogP contribution is 2.33. The minimum absolute atomic E-state index is 0.228. The number of aromatic amines is 2. The van der Waals surface area contributed by atoms with Crippen molar-refractivity contribution in [3.63, 3.8) is 0 Å². The highest BCUT2D eigenvalue weighted by atomic mass is 16.5. The van der Waals surface area contributed by atoms with Gasteiger partial charge in [0.1, 0.15) is 5.75 Å². The van der Waals surface area contributed by atoms with Gasteiger partial charge in [-0.05, 0) is 29.7 Å². The van der Waals surface area contributed by atoms with E-state index in [1.54, 1.807) is 0 Å². The molecule has 6 nitrogen and oxygen atoms in total. The number of ether oxygens (including phenoxy) is 2. The van der Waals surface area contributed by atoms with Crippen molar-refractivity contribution in [3.05, 3.63) is 55.7 Å². The van der Waals surface area contributed by atoms with E-state index >= 15 is 0 Å².